The quantitative estimate of drug-likeness (QED) is 0.461. The Morgan fingerprint density at radius 1 is 1.33 bits per heavy atom. The van der Waals surface area contributed by atoms with Gasteiger partial charge in [0.1, 0.15) is 0 Å². The first kappa shape index (κ1) is 18.5. The second-order valence-corrected chi connectivity index (χ2v) is 7.65. The van der Waals surface area contributed by atoms with Crippen LogP contribution < -0.4 is 4.48 Å². The van der Waals surface area contributed by atoms with E-state index in [1.807, 2.05) is 35.0 Å². The van der Waals surface area contributed by atoms with Gasteiger partial charge in [-0.15, -0.1) is 0 Å². The van der Waals surface area contributed by atoms with Crippen molar-refractivity contribution < 1.29 is 9.53 Å². The Hall–Kier alpha value is -1.80. The molecule has 5 heteroatoms. The monoisotopic (exact) mass is 386 g/mol. The van der Waals surface area contributed by atoms with Crippen LogP contribution in [0.5, 0.6) is 0 Å². The van der Waals surface area contributed by atoms with Gasteiger partial charge in [0.25, 0.3) is 0 Å². The Labute approximate surface area is 152 Å². The average molecular weight is 386 g/mol. The molecule has 2 rings (SSSR count). The van der Waals surface area contributed by atoms with Gasteiger partial charge in [-0.1, -0.05) is 0 Å². The van der Waals surface area contributed by atoms with Crippen LogP contribution >= 0.6 is 0 Å². The molecule has 0 saturated heterocycles. The van der Waals surface area contributed by atoms with Crippen LogP contribution in [0, 0.1) is 0 Å². The third kappa shape index (κ3) is 4.39. The normalized spacial score (nSPS) is 12.3. The first-order valence-electron chi connectivity index (χ1n) is 7.97. The van der Waals surface area contributed by atoms with Gasteiger partial charge in [0, 0.05) is 0 Å². The maximum absolute atomic E-state index is 11.8. The molecule has 0 saturated carbocycles. The Kier molecular flexibility index (Phi) is 5.71. The molecule has 0 fully saturated rings. The molecule has 2 radical (unpaired) electrons. The van der Waals surface area contributed by atoms with Crippen molar-refractivity contribution in [3.63, 3.8) is 0 Å². The first-order valence-corrected chi connectivity index (χ1v) is 8.91. The van der Waals surface area contributed by atoms with Crippen molar-refractivity contribution >= 4 is 33.4 Å². The zero-order valence-corrected chi connectivity index (χ0v) is 16.7. The number of aromatic nitrogens is 2. The molecule has 0 spiro atoms. The summed E-state index contributed by atoms with van der Waals surface area (Å²) in [7, 11) is 0. The van der Waals surface area contributed by atoms with Gasteiger partial charge in [-0.25, -0.2) is 0 Å². The van der Waals surface area contributed by atoms with Crippen LogP contribution in [-0.4, -0.2) is 39.2 Å². The molecule has 126 valence electrons. The van der Waals surface area contributed by atoms with E-state index in [1.165, 1.54) is 0 Å². The van der Waals surface area contributed by atoms with Crippen LogP contribution in [0.25, 0.3) is 11.8 Å². The number of nitrogens with zero attached hydrogens (tertiary/aromatic N) is 2. The Morgan fingerprint density at radius 2 is 2.04 bits per heavy atom. The van der Waals surface area contributed by atoms with Crippen molar-refractivity contribution in [1.82, 2.24) is 9.78 Å². The summed E-state index contributed by atoms with van der Waals surface area (Å²) >= 11 is 2.56. The van der Waals surface area contributed by atoms with E-state index in [4.69, 9.17) is 9.84 Å². The van der Waals surface area contributed by atoms with Crippen molar-refractivity contribution in [3.05, 3.63) is 47.2 Å². The SMILES string of the molecule is CCOC(=O)C(C)=Cc1cccc(-n2nc(C(C)(C)C)cc2[As])c1. The second-order valence-electron chi connectivity index (χ2n) is 6.69. The standard InChI is InChI=1S/C19H23AsN2O2/c1-6-24-18(23)13(2)10-14-8-7-9-15(11-14)22-17(20)12-16(21-22)19(3,4)5/h7-12H,6H2,1-5H3. The predicted octanol–water partition coefficient (Wildman–Crippen LogP) is 2.93. The van der Waals surface area contributed by atoms with E-state index in [0.717, 1.165) is 21.4 Å². The van der Waals surface area contributed by atoms with Crippen molar-refractivity contribution in [2.75, 3.05) is 6.61 Å². The van der Waals surface area contributed by atoms with E-state index < -0.39 is 0 Å². The molecule has 24 heavy (non-hydrogen) atoms. The summed E-state index contributed by atoms with van der Waals surface area (Å²) in [4.78, 5) is 11.8. The molecule has 0 bridgehead atoms. The average Bonchev–Trinajstić information content (AvgIpc) is 2.90. The number of ether oxygens (including phenoxy) is 1. The van der Waals surface area contributed by atoms with Gasteiger partial charge in [-0.3, -0.25) is 0 Å². The summed E-state index contributed by atoms with van der Waals surface area (Å²) in [5.74, 6) is -0.287. The summed E-state index contributed by atoms with van der Waals surface area (Å²) in [5, 5.41) is 4.72. The number of hydrogen-bond acceptors (Lipinski definition) is 3. The number of hydrogen-bond donors (Lipinski definition) is 0. The number of carbonyl (C=O) groups is 1. The van der Waals surface area contributed by atoms with Crippen molar-refractivity contribution in [2.45, 2.75) is 40.0 Å². The Morgan fingerprint density at radius 3 is 2.62 bits per heavy atom. The van der Waals surface area contributed by atoms with Crippen LogP contribution in [0.3, 0.4) is 0 Å². The topological polar surface area (TPSA) is 44.1 Å². The molecule has 0 amide bonds. The molecule has 0 unspecified atom stereocenters. The van der Waals surface area contributed by atoms with E-state index in [1.54, 1.807) is 13.8 Å². The van der Waals surface area contributed by atoms with Crippen molar-refractivity contribution in [2.24, 2.45) is 0 Å². The molecule has 1 aromatic carbocycles. The van der Waals surface area contributed by atoms with Gasteiger partial charge in [-0.05, 0) is 0 Å². The summed E-state index contributed by atoms with van der Waals surface area (Å²) in [6.07, 6.45) is 1.83. The van der Waals surface area contributed by atoms with Gasteiger partial charge in [0.15, 0.2) is 0 Å². The van der Waals surface area contributed by atoms with Crippen molar-refractivity contribution in [3.8, 4) is 5.69 Å². The molecule has 0 atom stereocenters. The Bertz CT molecular complexity index is 770. The molecule has 0 aliphatic carbocycles. The molecule has 2 aromatic rings. The van der Waals surface area contributed by atoms with Gasteiger partial charge < -0.3 is 0 Å². The molecule has 0 N–H and O–H groups in total. The third-order valence-electron chi connectivity index (χ3n) is 3.55. The van der Waals surface area contributed by atoms with Gasteiger partial charge >= 0.3 is 152 Å². The number of benzene rings is 1. The fourth-order valence-corrected chi connectivity index (χ4v) is 2.82. The summed E-state index contributed by atoms with van der Waals surface area (Å²) in [5.41, 5.74) is 3.53. The molecule has 1 aromatic heterocycles. The predicted molar refractivity (Wildman–Crippen MR) is 97.9 cm³/mol. The second kappa shape index (κ2) is 7.39. The number of esters is 1. The van der Waals surface area contributed by atoms with E-state index >= 15 is 0 Å². The zero-order valence-electron chi connectivity index (χ0n) is 14.8. The van der Waals surface area contributed by atoms with E-state index in [-0.39, 0.29) is 11.4 Å². The van der Waals surface area contributed by atoms with Crippen molar-refractivity contribution in [1.29, 1.82) is 0 Å². The summed E-state index contributed by atoms with van der Waals surface area (Å²) in [6, 6.07) is 10.0. The molecule has 0 aliphatic heterocycles. The zero-order chi connectivity index (χ0) is 17.9. The fraction of sp³-hybridized carbons (Fsp3) is 0.368. The number of carbonyl (C=O) groups excluding carboxylic acids is 1. The minimum atomic E-state index is -0.287. The molecule has 0 aliphatic rings. The summed E-state index contributed by atoms with van der Waals surface area (Å²) in [6.45, 7) is 10.4. The van der Waals surface area contributed by atoms with E-state index in [2.05, 4.69) is 43.7 Å². The van der Waals surface area contributed by atoms with Crippen LogP contribution in [0.4, 0.5) is 0 Å². The fourth-order valence-electron chi connectivity index (χ4n) is 2.23. The van der Waals surface area contributed by atoms with Crippen LogP contribution in [0.1, 0.15) is 45.9 Å². The van der Waals surface area contributed by atoms with Gasteiger partial charge in [0.2, 0.25) is 0 Å². The minimum absolute atomic E-state index is 0.00204. The van der Waals surface area contributed by atoms with Crippen LogP contribution in [0.15, 0.2) is 35.9 Å². The molecule has 1 heterocycles. The van der Waals surface area contributed by atoms with Crippen LogP contribution in [-0.2, 0) is 14.9 Å². The molecule has 4 nitrogen and oxygen atoms in total. The molecular weight excluding hydrogens is 363 g/mol. The van der Waals surface area contributed by atoms with E-state index in [9.17, 15) is 4.79 Å². The Balaban J connectivity index is 2.36. The number of rotatable bonds is 4. The first-order chi connectivity index (χ1) is 11.2. The maximum atomic E-state index is 11.8. The third-order valence-corrected chi connectivity index (χ3v) is 4.22. The van der Waals surface area contributed by atoms with Gasteiger partial charge in [0.05, 0.1) is 0 Å². The summed E-state index contributed by atoms with van der Waals surface area (Å²) < 4.78 is 7.96. The molecular formula is C19H23AsN2O2. The van der Waals surface area contributed by atoms with Gasteiger partial charge in [-0.2, -0.15) is 0 Å². The van der Waals surface area contributed by atoms with E-state index in [0.29, 0.717) is 12.2 Å². The van der Waals surface area contributed by atoms with Crippen LogP contribution in [0.2, 0.25) is 0 Å².